The van der Waals surface area contributed by atoms with Gasteiger partial charge < -0.3 is 14.6 Å². The van der Waals surface area contributed by atoms with E-state index in [9.17, 15) is 4.79 Å². The molecule has 0 unspecified atom stereocenters. The molecule has 0 saturated heterocycles. The fourth-order valence-electron chi connectivity index (χ4n) is 5.36. The monoisotopic (exact) mass is 551 g/mol. The second-order valence-corrected chi connectivity index (χ2v) is 10.6. The molecule has 0 aliphatic heterocycles. The molecule has 42 heavy (non-hydrogen) atoms. The van der Waals surface area contributed by atoms with E-state index in [-0.39, 0.29) is 11.8 Å². The average molecular weight is 552 g/mol. The van der Waals surface area contributed by atoms with Crippen LogP contribution in [0.4, 0.5) is 0 Å². The highest BCUT2D eigenvalue weighted by molar-refractivity contribution is 5.87. The van der Waals surface area contributed by atoms with E-state index >= 15 is 0 Å². The first-order valence-electron chi connectivity index (χ1n) is 14.2. The van der Waals surface area contributed by atoms with Gasteiger partial charge in [0, 0.05) is 54.9 Å². The highest BCUT2D eigenvalue weighted by Gasteiger charge is 2.23. The minimum absolute atomic E-state index is 0.0124. The fourth-order valence-corrected chi connectivity index (χ4v) is 5.36. The molecule has 208 valence electrons. The number of ether oxygens (including phenoxy) is 1. The molecule has 0 radical (unpaired) electrons. The molecule has 1 N–H and O–H groups in total. The van der Waals surface area contributed by atoms with Crippen LogP contribution in [0.3, 0.4) is 0 Å². The Balaban J connectivity index is 1.36. The van der Waals surface area contributed by atoms with Gasteiger partial charge >= 0.3 is 0 Å². The van der Waals surface area contributed by atoms with Crippen LogP contribution in [0.25, 0.3) is 10.9 Å². The Morgan fingerprint density at radius 3 is 2.36 bits per heavy atom. The maximum absolute atomic E-state index is 13.5. The van der Waals surface area contributed by atoms with E-state index in [1.165, 1.54) is 11.1 Å². The topological polar surface area (TPSA) is 56.2 Å². The highest BCUT2D eigenvalue weighted by Crippen LogP contribution is 2.37. The van der Waals surface area contributed by atoms with Crippen LogP contribution in [0, 0.1) is 6.92 Å². The first-order valence-corrected chi connectivity index (χ1v) is 14.2. The summed E-state index contributed by atoms with van der Waals surface area (Å²) in [5, 5.41) is 4.26. The van der Waals surface area contributed by atoms with Gasteiger partial charge in [-0.2, -0.15) is 0 Å². The van der Waals surface area contributed by atoms with Crippen LogP contribution in [-0.4, -0.2) is 15.5 Å². The number of aryl methyl sites for hydroxylation is 1. The molecule has 6 aromatic rings. The number of hydrogen-bond donors (Lipinski definition) is 1. The third-order valence-corrected chi connectivity index (χ3v) is 7.54. The smallest absolute Gasteiger partial charge is 0.221 e. The third kappa shape index (κ3) is 6.42. The van der Waals surface area contributed by atoms with Crippen molar-refractivity contribution in [2.45, 2.75) is 32.4 Å². The van der Waals surface area contributed by atoms with Crippen LogP contribution >= 0.6 is 0 Å². The molecule has 1 amide bonds. The maximum Gasteiger partial charge on any atom is 0.221 e. The van der Waals surface area contributed by atoms with E-state index in [4.69, 9.17) is 4.74 Å². The summed E-state index contributed by atoms with van der Waals surface area (Å²) in [5.41, 5.74) is 6.79. The van der Waals surface area contributed by atoms with E-state index in [2.05, 4.69) is 88.7 Å². The van der Waals surface area contributed by atoms with E-state index < -0.39 is 0 Å². The van der Waals surface area contributed by atoms with Gasteiger partial charge in [0.2, 0.25) is 5.91 Å². The molecule has 0 fully saturated rings. The number of carbonyl (C=O) groups is 1. The van der Waals surface area contributed by atoms with Gasteiger partial charge in [-0.3, -0.25) is 9.78 Å². The normalized spacial score (nSPS) is 11.7. The first kappa shape index (κ1) is 27.0. The lowest BCUT2D eigenvalue weighted by atomic mass is 9.88. The average Bonchev–Trinajstić information content (AvgIpc) is 3.39. The van der Waals surface area contributed by atoms with Gasteiger partial charge in [0.05, 0.1) is 0 Å². The number of benzene rings is 4. The first-order chi connectivity index (χ1) is 20.6. The molecule has 1 atom stereocenters. The molecule has 2 heterocycles. The minimum Gasteiger partial charge on any atom is -0.457 e. The Hall–Kier alpha value is -5.16. The van der Waals surface area contributed by atoms with E-state index in [1.54, 1.807) is 12.4 Å². The zero-order valence-corrected chi connectivity index (χ0v) is 23.6. The Morgan fingerprint density at radius 2 is 1.55 bits per heavy atom. The molecule has 0 bridgehead atoms. The summed E-state index contributed by atoms with van der Waals surface area (Å²) < 4.78 is 8.48. The number of amides is 1. The third-order valence-electron chi connectivity index (χ3n) is 7.54. The second kappa shape index (κ2) is 12.6. The Labute approximate surface area is 246 Å². The zero-order chi connectivity index (χ0) is 28.7. The van der Waals surface area contributed by atoms with Crippen LogP contribution in [-0.2, 0) is 17.9 Å². The van der Waals surface area contributed by atoms with Gasteiger partial charge in [0.15, 0.2) is 0 Å². The summed E-state index contributed by atoms with van der Waals surface area (Å²) in [7, 11) is 0. The van der Waals surface area contributed by atoms with Crippen molar-refractivity contribution in [3.05, 3.63) is 162 Å². The van der Waals surface area contributed by atoms with Gasteiger partial charge in [-0.15, -0.1) is 0 Å². The van der Waals surface area contributed by atoms with Crippen LogP contribution in [0.5, 0.6) is 11.5 Å². The van der Waals surface area contributed by atoms with Crippen molar-refractivity contribution in [2.75, 3.05) is 0 Å². The van der Waals surface area contributed by atoms with Crippen molar-refractivity contribution in [3.63, 3.8) is 0 Å². The van der Waals surface area contributed by atoms with Gasteiger partial charge in [-0.05, 0) is 71.6 Å². The van der Waals surface area contributed by atoms with Crippen molar-refractivity contribution in [1.82, 2.24) is 14.9 Å². The molecule has 0 aliphatic carbocycles. The number of fused-ring (bicyclic) bond motifs is 1. The molecule has 0 spiro atoms. The lowest BCUT2D eigenvalue weighted by Gasteiger charge is -2.18. The number of rotatable bonds is 10. The van der Waals surface area contributed by atoms with E-state index in [0.29, 0.717) is 13.0 Å². The summed E-state index contributed by atoms with van der Waals surface area (Å²) in [6.45, 7) is 3.31. The minimum atomic E-state index is -0.175. The van der Waals surface area contributed by atoms with Gasteiger partial charge in [0.1, 0.15) is 11.5 Å². The van der Waals surface area contributed by atoms with Crippen LogP contribution < -0.4 is 10.1 Å². The van der Waals surface area contributed by atoms with Crippen LogP contribution in [0.1, 0.15) is 40.2 Å². The molecule has 0 aliphatic rings. The van der Waals surface area contributed by atoms with E-state index in [1.807, 2.05) is 54.6 Å². The van der Waals surface area contributed by atoms with Gasteiger partial charge in [-0.25, -0.2) is 0 Å². The summed E-state index contributed by atoms with van der Waals surface area (Å²) in [4.78, 5) is 17.5. The Bertz CT molecular complexity index is 1780. The predicted molar refractivity (Wildman–Crippen MR) is 168 cm³/mol. The predicted octanol–water partition coefficient (Wildman–Crippen LogP) is 8.02. The zero-order valence-electron chi connectivity index (χ0n) is 23.6. The molecular formula is C37H33N3O2. The highest BCUT2D eigenvalue weighted by atomic mass is 16.5. The molecule has 0 saturated carbocycles. The summed E-state index contributed by atoms with van der Waals surface area (Å²) in [6, 6.07) is 38.8. The van der Waals surface area contributed by atoms with Gasteiger partial charge in [0.25, 0.3) is 0 Å². The van der Waals surface area contributed by atoms with Crippen LogP contribution in [0.2, 0.25) is 0 Å². The molecule has 6 rings (SSSR count). The van der Waals surface area contributed by atoms with Crippen molar-refractivity contribution in [1.29, 1.82) is 0 Å². The van der Waals surface area contributed by atoms with Crippen molar-refractivity contribution < 1.29 is 9.53 Å². The number of aromatic nitrogens is 2. The number of pyridine rings is 1. The van der Waals surface area contributed by atoms with Gasteiger partial charge in [-0.1, -0.05) is 78.4 Å². The number of hydrogen-bond acceptors (Lipinski definition) is 3. The lowest BCUT2D eigenvalue weighted by Crippen LogP contribution is -2.25. The Morgan fingerprint density at radius 1 is 0.810 bits per heavy atom. The summed E-state index contributed by atoms with van der Waals surface area (Å²) in [6.07, 6.45) is 6.01. The molecule has 2 aromatic heterocycles. The molecule has 5 nitrogen and oxygen atoms in total. The number of carbonyl (C=O) groups excluding carboxylic acids is 1. The SMILES string of the molecule is Cc1ccc(Cn2cc([C@H](CC(=O)NCc3ccncc3)c3cccc(Oc4ccccc4)c3)c3ccccc32)cc1. The van der Waals surface area contributed by atoms with Crippen molar-refractivity contribution in [3.8, 4) is 11.5 Å². The van der Waals surface area contributed by atoms with Crippen LogP contribution in [0.15, 0.2) is 134 Å². The number of nitrogens with one attached hydrogen (secondary N) is 1. The number of nitrogens with zero attached hydrogens (tertiary/aromatic N) is 2. The number of para-hydroxylation sites is 2. The van der Waals surface area contributed by atoms with E-state index in [0.717, 1.165) is 45.6 Å². The second-order valence-electron chi connectivity index (χ2n) is 10.6. The summed E-state index contributed by atoms with van der Waals surface area (Å²) in [5.74, 6) is 1.33. The summed E-state index contributed by atoms with van der Waals surface area (Å²) >= 11 is 0. The fraction of sp³-hybridized carbons (Fsp3) is 0.135. The molecule has 4 aromatic carbocycles. The standard InChI is InChI=1S/C37H33N3O2/c1-27-14-16-29(17-15-27)25-40-26-35(33-12-5-6-13-36(33)40)34(23-37(41)39-24-28-18-20-38-21-19-28)30-8-7-11-32(22-30)42-31-9-3-2-4-10-31/h2-22,26,34H,23-25H2,1H3,(H,39,41)/t34-/m1/s1. The quantitative estimate of drug-likeness (QED) is 0.188. The van der Waals surface area contributed by atoms with Crippen molar-refractivity contribution >= 4 is 16.8 Å². The lowest BCUT2D eigenvalue weighted by molar-refractivity contribution is -0.121. The maximum atomic E-state index is 13.5. The Kier molecular flexibility index (Phi) is 8.09. The molecular weight excluding hydrogens is 518 g/mol. The molecule has 5 heteroatoms. The van der Waals surface area contributed by atoms with Crippen molar-refractivity contribution in [2.24, 2.45) is 0 Å². The largest absolute Gasteiger partial charge is 0.457 e.